The summed E-state index contributed by atoms with van der Waals surface area (Å²) in [6, 6.07) is 3.22. The first-order valence-corrected chi connectivity index (χ1v) is 5.78. The van der Waals surface area contributed by atoms with E-state index >= 15 is 0 Å². The van der Waals surface area contributed by atoms with Crippen molar-refractivity contribution in [2.45, 2.75) is 18.1 Å². The molecule has 0 unspecified atom stereocenters. The minimum atomic E-state index is -0.942. The van der Waals surface area contributed by atoms with Crippen molar-refractivity contribution in [2.24, 2.45) is 5.73 Å². The largest absolute Gasteiger partial charge is 0.449 e. The predicted molar refractivity (Wildman–Crippen MR) is 60.1 cm³/mol. The summed E-state index contributed by atoms with van der Waals surface area (Å²) in [5, 5.41) is 0.559. The maximum Gasteiger partial charge on any atom is 0.341 e. The highest BCUT2D eigenvalue weighted by Gasteiger charge is 2.18. The number of rotatable bonds is 4. The number of carbonyl (C=O) groups is 2. The normalized spacial score (nSPS) is 11.9. The molecule has 0 bridgehead atoms. The van der Waals surface area contributed by atoms with Crippen LogP contribution in [0.3, 0.4) is 0 Å². The van der Waals surface area contributed by atoms with Gasteiger partial charge >= 0.3 is 5.97 Å². The van der Waals surface area contributed by atoms with E-state index in [-0.39, 0.29) is 0 Å². The van der Waals surface area contributed by atoms with Gasteiger partial charge in [-0.1, -0.05) is 0 Å². The molecule has 6 heteroatoms. The van der Waals surface area contributed by atoms with Gasteiger partial charge in [0.05, 0.1) is 5.56 Å². The molecule has 0 aliphatic rings. The van der Waals surface area contributed by atoms with E-state index < -0.39 is 18.0 Å². The van der Waals surface area contributed by atoms with Crippen molar-refractivity contribution >= 4 is 23.6 Å². The lowest BCUT2D eigenvalue weighted by atomic mass is 10.3. The summed E-state index contributed by atoms with van der Waals surface area (Å²) in [5.41, 5.74) is 5.33. The van der Waals surface area contributed by atoms with Gasteiger partial charge in [-0.25, -0.2) is 9.78 Å². The Morgan fingerprint density at radius 1 is 1.56 bits per heavy atom. The average molecular weight is 240 g/mol. The third-order valence-electron chi connectivity index (χ3n) is 1.87. The van der Waals surface area contributed by atoms with Crippen molar-refractivity contribution in [3.63, 3.8) is 0 Å². The van der Waals surface area contributed by atoms with Gasteiger partial charge in [-0.3, -0.25) is 4.79 Å². The number of hydrogen-bond donors (Lipinski definition) is 1. The zero-order chi connectivity index (χ0) is 12.1. The first-order valence-electron chi connectivity index (χ1n) is 4.55. The fraction of sp³-hybridized carbons (Fsp3) is 0.300. The maximum atomic E-state index is 11.7. The summed E-state index contributed by atoms with van der Waals surface area (Å²) < 4.78 is 4.87. The van der Waals surface area contributed by atoms with Crippen LogP contribution in [0.5, 0.6) is 0 Å². The van der Waals surface area contributed by atoms with Crippen LogP contribution in [0, 0.1) is 0 Å². The summed E-state index contributed by atoms with van der Waals surface area (Å²) in [6.45, 7) is 1.43. The highest BCUT2D eigenvalue weighted by molar-refractivity contribution is 7.98. The molecule has 1 aromatic rings. The van der Waals surface area contributed by atoms with Gasteiger partial charge in [0.2, 0.25) is 0 Å². The zero-order valence-electron chi connectivity index (χ0n) is 8.97. The number of pyridine rings is 1. The molecule has 0 spiro atoms. The SMILES string of the molecule is CSc1ncccc1C(=O)O[C@@H](C)C(N)=O. The molecule has 5 nitrogen and oxygen atoms in total. The third-order valence-corrected chi connectivity index (χ3v) is 2.58. The van der Waals surface area contributed by atoms with Crippen LogP contribution in [-0.2, 0) is 9.53 Å². The quantitative estimate of drug-likeness (QED) is 0.622. The standard InChI is InChI=1S/C10H12N2O3S/c1-6(8(11)13)15-10(14)7-4-3-5-12-9(7)16-2/h3-6H,1-2H3,(H2,11,13)/t6-/m0/s1. The first kappa shape index (κ1) is 12.5. The zero-order valence-corrected chi connectivity index (χ0v) is 9.78. The van der Waals surface area contributed by atoms with Gasteiger partial charge in [-0.15, -0.1) is 11.8 Å². The number of esters is 1. The van der Waals surface area contributed by atoms with E-state index in [1.54, 1.807) is 24.6 Å². The predicted octanol–water partition coefficient (Wildman–Crippen LogP) is 0.834. The van der Waals surface area contributed by atoms with Crippen molar-refractivity contribution < 1.29 is 14.3 Å². The monoisotopic (exact) mass is 240 g/mol. The second kappa shape index (κ2) is 5.50. The highest BCUT2D eigenvalue weighted by atomic mass is 32.2. The molecule has 0 aliphatic heterocycles. The van der Waals surface area contributed by atoms with Gasteiger partial charge in [-0.05, 0) is 25.3 Å². The van der Waals surface area contributed by atoms with Gasteiger partial charge in [0.1, 0.15) is 5.03 Å². The number of primary amides is 1. The molecule has 0 saturated heterocycles. The van der Waals surface area contributed by atoms with E-state index in [0.29, 0.717) is 10.6 Å². The van der Waals surface area contributed by atoms with Gasteiger partial charge in [-0.2, -0.15) is 0 Å². The molecule has 1 rings (SSSR count). The molecular formula is C10H12N2O3S. The van der Waals surface area contributed by atoms with Crippen molar-refractivity contribution in [3.05, 3.63) is 23.9 Å². The van der Waals surface area contributed by atoms with Crippen molar-refractivity contribution in [2.75, 3.05) is 6.26 Å². The van der Waals surface area contributed by atoms with E-state index in [1.807, 2.05) is 0 Å². The number of aromatic nitrogens is 1. The van der Waals surface area contributed by atoms with Crippen LogP contribution in [0.25, 0.3) is 0 Å². The van der Waals surface area contributed by atoms with E-state index in [2.05, 4.69) is 4.98 Å². The Hall–Kier alpha value is -1.56. The molecular weight excluding hydrogens is 228 g/mol. The van der Waals surface area contributed by atoms with E-state index in [9.17, 15) is 9.59 Å². The summed E-state index contributed by atoms with van der Waals surface area (Å²) >= 11 is 1.33. The lowest BCUT2D eigenvalue weighted by Gasteiger charge is -2.10. The van der Waals surface area contributed by atoms with Crippen molar-refractivity contribution in [1.29, 1.82) is 0 Å². The topological polar surface area (TPSA) is 82.3 Å². The van der Waals surface area contributed by atoms with Crippen LogP contribution in [-0.4, -0.2) is 29.2 Å². The Kier molecular flexibility index (Phi) is 4.30. The maximum absolute atomic E-state index is 11.7. The van der Waals surface area contributed by atoms with Crippen LogP contribution in [0.15, 0.2) is 23.4 Å². The minimum absolute atomic E-state index is 0.336. The fourth-order valence-corrected chi connectivity index (χ4v) is 1.53. The molecule has 0 fully saturated rings. The molecule has 1 heterocycles. The number of hydrogen-bond acceptors (Lipinski definition) is 5. The van der Waals surface area contributed by atoms with Crippen LogP contribution < -0.4 is 5.73 Å². The molecule has 0 saturated carbocycles. The van der Waals surface area contributed by atoms with Gasteiger partial charge in [0, 0.05) is 6.20 Å². The molecule has 86 valence electrons. The van der Waals surface area contributed by atoms with Crippen LogP contribution in [0.4, 0.5) is 0 Å². The molecule has 1 amide bonds. The summed E-state index contributed by atoms with van der Waals surface area (Å²) in [7, 11) is 0. The Labute approximate surface area is 97.4 Å². The Morgan fingerprint density at radius 3 is 2.81 bits per heavy atom. The van der Waals surface area contributed by atoms with E-state index in [4.69, 9.17) is 10.5 Å². The number of carbonyl (C=O) groups excluding carboxylic acids is 2. The van der Waals surface area contributed by atoms with Crippen molar-refractivity contribution in [3.8, 4) is 0 Å². The molecule has 0 aromatic carbocycles. The lowest BCUT2D eigenvalue weighted by molar-refractivity contribution is -0.125. The van der Waals surface area contributed by atoms with Gasteiger partial charge < -0.3 is 10.5 Å². The number of thioether (sulfide) groups is 1. The number of ether oxygens (including phenoxy) is 1. The number of nitrogens with zero attached hydrogens (tertiary/aromatic N) is 1. The number of nitrogens with two attached hydrogens (primary N) is 1. The minimum Gasteiger partial charge on any atom is -0.449 e. The van der Waals surface area contributed by atoms with E-state index in [0.717, 1.165) is 0 Å². The van der Waals surface area contributed by atoms with Gasteiger partial charge in [0.25, 0.3) is 5.91 Å². The number of amides is 1. The molecule has 0 aliphatic carbocycles. The Balaban J connectivity index is 2.84. The average Bonchev–Trinajstić information content (AvgIpc) is 2.28. The van der Waals surface area contributed by atoms with Gasteiger partial charge in [0.15, 0.2) is 6.10 Å². The fourth-order valence-electron chi connectivity index (χ4n) is 0.991. The lowest BCUT2D eigenvalue weighted by Crippen LogP contribution is -2.30. The first-order chi connectivity index (χ1) is 7.56. The summed E-state index contributed by atoms with van der Waals surface area (Å²) in [4.78, 5) is 26.4. The summed E-state index contributed by atoms with van der Waals surface area (Å²) in [5.74, 6) is -1.27. The smallest absolute Gasteiger partial charge is 0.341 e. The second-order valence-electron chi connectivity index (χ2n) is 3.01. The molecule has 16 heavy (non-hydrogen) atoms. The van der Waals surface area contributed by atoms with Crippen LogP contribution >= 0.6 is 11.8 Å². The van der Waals surface area contributed by atoms with Crippen LogP contribution in [0.2, 0.25) is 0 Å². The Bertz CT molecular complexity index is 409. The molecule has 2 N–H and O–H groups in total. The Morgan fingerprint density at radius 2 is 2.25 bits per heavy atom. The van der Waals surface area contributed by atoms with Crippen molar-refractivity contribution in [1.82, 2.24) is 4.98 Å². The van der Waals surface area contributed by atoms with Crippen LogP contribution in [0.1, 0.15) is 17.3 Å². The second-order valence-corrected chi connectivity index (χ2v) is 3.81. The summed E-state index contributed by atoms with van der Waals surface area (Å²) in [6.07, 6.45) is 2.44. The third kappa shape index (κ3) is 2.96. The highest BCUT2D eigenvalue weighted by Crippen LogP contribution is 2.18. The van der Waals surface area contributed by atoms with E-state index in [1.165, 1.54) is 18.7 Å². The molecule has 1 aromatic heterocycles. The molecule has 1 atom stereocenters. The molecule has 0 radical (unpaired) electrons.